The number of hydrogen-bond donors (Lipinski definition) is 2. The van der Waals surface area contributed by atoms with Crippen LogP contribution in [0.15, 0.2) is 23.1 Å². The third-order valence-corrected chi connectivity index (χ3v) is 7.84. The summed E-state index contributed by atoms with van der Waals surface area (Å²) in [5.41, 5.74) is 3.66. The number of primary sulfonamides is 1. The predicted molar refractivity (Wildman–Crippen MR) is 132 cm³/mol. The second-order valence-electron chi connectivity index (χ2n) is 11.6. The standard InChI is InChI=1S/C26H40N2O3S/c1-17-23(32(27,30)31)15-22(28(17)16-18-11-9-8-10-12-18)19-13-20(25(2,3)4)24(29)21(14-19)26(5,6)7/h13-15,18,29H,8-12,16H2,1-7H3,(H2,27,30,31). The first kappa shape index (κ1) is 24.8. The molecule has 0 saturated heterocycles. The number of aromatic nitrogens is 1. The van der Waals surface area contributed by atoms with Gasteiger partial charge in [0, 0.05) is 29.1 Å². The molecule has 0 amide bonds. The lowest BCUT2D eigenvalue weighted by Gasteiger charge is -2.29. The van der Waals surface area contributed by atoms with Crippen LogP contribution in [0, 0.1) is 12.8 Å². The van der Waals surface area contributed by atoms with Gasteiger partial charge in [0.15, 0.2) is 0 Å². The smallest absolute Gasteiger partial charge is 0.239 e. The van der Waals surface area contributed by atoms with Gasteiger partial charge in [-0.15, -0.1) is 0 Å². The molecule has 1 saturated carbocycles. The molecule has 178 valence electrons. The molecule has 5 nitrogen and oxygen atoms in total. The van der Waals surface area contributed by atoms with E-state index in [2.05, 4.69) is 46.1 Å². The fraction of sp³-hybridized carbons (Fsp3) is 0.615. The molecule has 6 heteroatoms. The van der Waals surface area contributed by atoms with Crippen molar-refractivity contribution in [3.63, 3.8) is 0 Å². The summed E-state index contributed by atoms with van der Waals surface area (Å²) >= 11 is 0. The average molecular weight is 461 g/mol. The van der Waals surface area contributed by atoms with Gasteiger partial charge >= 0.3 is 0 Å². The van der Waals surface area contributed by atoms with Gasteiger partial charge in [-0.3, -0.25) is 0 Å². The number of nitrogens with two attached hydrogens (primary N) is 1. The van der Waals surface area contributed by atoms with Crippen molar-refractivity contribution < 1.29 is 13.5 Å². The number of phenolic OH excluding ortho intramolecular Hbond substituents is 1. The lowest BCUT2D eigenvalue weighted by atomic mass is 9.78. The van der Waals surface area contributed by atoms with Crippen LogP contribution in [0.5, 0.6) is 5.75 Å². The molecule has 1 aliphatic carbocycles. The van der Waals surface area contributed by atoms with Crippen molar-refractivity contribution in [3.05, 3.63) is 35.0 Å². The molecule has 0 atom stereocenters. The van der Waals surface area contributed by atoms with E-state index in [4.69, 9.17) is 5.14 Å². The molecular formula is C26H40N2O3S. The second-order valence-corrected chi connectivity index (χ2v) is 13.1. The van der Waals surface area contributed by atoms with Crippen molar-refractivity contribution in [2.75, 3.05) is 0 Å². The van der Waals surface area contributed by atoms with Gasteiger partial charge in [-0.25, -0.2) is 13.6 Å². The maximum absolute atomic E-state index is 12.4. The van der Waals surface area contributed by atoms with Crippen molar-refractivity contribution in [2.24, 2.45) is 11.1 Å². The van der Waals surface area contributed by atoms with Crippen molar-refractivity contribution in [3.8, 4) is 17.0 Å². The van der Waals surface area contributed by atoms with Crippen LogP contribution in [-0.4, -0.2) is 18.1 Å². The Morgan fingerprint density at radius 1 is 0.969 bits per heavy atom. The first-order chi connectivity index (χ1) is 14.6. The zero-order valence-corrected chi connectivity index (χ0v) is 21.6. The molecular weight excluding hydrogens is 420 g/mol. The lowest BCUT2D eigenvalue weighted by Crippen LogP contribution is -2.19. The average Bonchev–Trinajstić information content (AvgIpc) is 2.98. The molecule has 1 aromatic heterocycles. The SMILES string of the molecule is Cc1c(S(N)(=O)=O)cc(-c2cc(C(C)(C)C)c(O)c(C(C)(C)C)c2)n1CC1CCCCC1. The van der Waals surface area contributed by atoms with Crippen LogP contribution in [0.25, 0.3) is 11.3 Å². The molecule has 1 aliphatic rings. The fourth-order valence-electron chi connectivity index (χ4n) is 4.94. The van der Waals surface area contributed by atoms with E-state index in [-0.39, 0.29) is 15.7 Å². The summed E-state index contributed by atoms with van der Waals surface area (Å²) in [6.07, 6.45) is 6.06. The molecule has 32 heavy (non-hydrogen) atoms. The maximum Gasteiger partial charge on any atom is 0.239 e. The highest BCUT2D eigenvalue weighted by Crippen LogP contribution is 2.43. The topological polar surface area (TPSA) is 85.3 Å². The Kier molecular flexibility index (Phi) is 6.62. The van der Waals surface area contributed by atoms with Crippen LogP contribution in [-0.2, 0) is 27.4 Å². The van der Waals surface area contributed by atoms with E-state index in [1.165, 1.54) is 19.3 Å². The van der Waals surface area contributed by atoms with E-state index < -0.39 is 10.0 Å². The molecule has 0 radical (unpaired) electrons. The molecule has 2 aromatic rings. The maximum atomic E-state index is 12.4. The summed E-state index contributed by atoms with van der Waals surface area (Å²) in [6, 6.07) is 5.76. The summed E-state index contributed by atoms with van der Waals surface area (Å²) in [5, 5.41) is 16.7. The normalized spacial score (nSPS) is 16.5. The number of rotatable bonds is 4. The van der Waals surface area contributed by atoms with E-state index in [0.29, 0.717) is 17.4 Å². The Bertz CT molecular complexity index is 1060. The molecule has 1 aromatic carbocycles. The minimum atomic E-state index is -3.84. The van der Waals surface area contributed by atoms with Gasteiger partial charge in [-0.1, -0.05) is 60.8 Å². The molecule has 1 fully saturated rings. The van der Waals surface area contributed by atoms with Crippen molar-refractivity contribution >= 4 is 10.0 Å². The summed E-state index contributed by atoms with van der Waals surface area (Å²) in [4.78, 5) is 0.186. The Morgan fingerprint density at radius 2 is 1.47 bits per heavy atom. The first-order valence-corrected chi connectivity index (χ1v) is 13.3. The molecule has 0 aliphatic heterocycles. The Hall–Kier alpha value is -1.79. The molecule has 3 rings (SSSR count). The molecule has 0 unspecified atom stereocenters. The molecule has 0 spiro atoms. The van der Waals surface area contributed by atoms with Gasteiger partial charge in [0.25, 0.3) is 0 Å². The largest absolute Gasteiger partial charge is 0.507 e. The van der Waals surface area contributed by atoms with Gasteiger partial charge in [0.2, 0.25) is 10.0 Å². The highest BCUT2D eigenvalue weighted by molar-refractivity contribution is 7.89. The van der Waals surface area contributed by atoms with E-state index in [9.17, 15) is 13.5 Å². The fourth-order valence-corrected chi connectivity index (χ4v) is 5.73. The molecule has 0 bridgehead atoms. The lowest BCUT2D eigenvalue weighted by molar-refractivity contribution is 0.318. The molecule has 3 N–H and O–H groups in total. The van der Waals surface area contributed by atoms with Crippen molar-refractivity contribution in [1.82, 2.24) is 4.57 Å². The quantitative estimate of drug-likeness (QED) is 0.587. The van der Waals surface area contributed by atoms with E-state index in [1.807, 2.05) is 19.1 Å². The third-order valence-electron chi connectivity index (χ3n) is 6.81. The second kappa shape index (κ2) is 8.53. The number of sulfonamides is 1. The number of benzene rings is 1. The van der Waals surface area contributed by atoms with Crippen LogP contribution in [0.1, 0.15) is 90.5 Å². The predicted octanol–water partition coefficient (Wildman–Crippen LogP) is 5.99. The van der Waals surface area contributed by atoms with Crippen LogP contribution in [0.2, 0.25) is 0 Å². The van der Waals surface area contributed by atoms with Crippen LogP contribution >= 0.6 is 0 Å². The monoisotopic (exact) mass is 460 g/mol. The van der Waals surface area contributed by atoms with Gasteiger partial charge in [-0.05, 0) is 60.3 Å². The third kappa shape index (κ3) is 5.07. The highest BCUT2D eigenvalue weighted by Gasteiger charge is 2.29. The minimum absolute atomic E-state index is 0.186. The summed E-state index contributed by atoms with van der Waals surface area (Å²) < 4.78 is 26.9. The van der Waals surface area contributed by atoms with Crippen LogP contribution in [0.4, 0.5) is 0 Å². The van der Waals surface area contributed by atoms with Gasteiger partial charge < -0.3 is 9.67 Å². The van der Waals surface area contributed by atoms with Gasteiger partial charge in [-0.2, -0.15) is 0 Å². The Labute approximate surface area is 194 Å². The zero-order chi connectivity index (χ0) is 24.1. The number of aromatic hydroxyl groups is 1. The summed E-state index contributed by atoms with van der Waals surface area (Å²) in [5.74, 6) is 0.853. The van der Waals surface area contributed by atoms with E-state index >= 15 is 0 Å². The van der Waals surface area contributed by atoms with Gasteiger partial charge in [0.05, 0.1) is 0 Å². The zero-order valence-electron chi connectivity index (χ0n) is 20.7. The van der Waals surface area contributed by atoms with Gasteiger partial charge in [0.1, 0.15) is 10.6 Å². The van der Waals surface area contributed by atoms with Crippen molar-refractivity contribution in [1.29, 1.82) is 0 Å². The Balaban J connectivity index is 2.28. The highest BCUT2D eigenvalue weighted by atomic mass is 32.2. The number of nitrogens with zero attached hydrogens (tertiary/aromatic N) is 1. The number of phenols is 1. The van der Waals surface area contributed by atoms with Crippen LogP contribution < -0.4 is 5.14 Å². The first-order valence-electron chi connectivity index (χ1n) is 11.7. The van der Waals surface area contributed by atoms with E-state index in [0.717, 1.165) is 41.8 Å². The van der Waals surface area contributed by atoms with E-state index in [1.54, 1.807) is 6.07 Å². The minimum Gasteiger partial charge on any atom is -0.507 e. The molecule has 1 heterocycles. The number of hydrogen-bond acceptors (Lipinski definition) is 3. The van der Waals surface area contributed by atoms with Crippen LogP contribution in [0.3, 0.4) is 0 Å². The summed E-state index contributed by atoms with van der Waals surface area (Å²) in [7, 11) is -3.84. The van der Waals surface area contributed by atoms with Crippen molar-refractivity contribution in [2.45, 2.75) is 103 Å². The summed E-state index contributed by atoms with van der Waals surface area (Å²) in [6.45, 7) is 15.1. The Morgan fingerprint density at radius 3 is 1.91 bits per heavy atom.